The van der Waals surface area contributed by atoms with E-state index in [0.717, 1.165) is 11.9 Å². The predicted molar refractivity (Wildman–Crippen MR) is 94.4 cm³/mol. The number of H-pyrrole nitrogens is 1. The average molecular weight is 342 g/mol. The molecule has 1 aromatic carbocycles. The number of rotatable bonds is 2. The van der Waals surface area contributed by atoms with Gasteiger partial charge in [0, 0.05) is 17.1 Å². The number of nitrogen functional groups attached to an aromatic ring is 1. The fourth-order valence-corrected chi connectivity index (χ4v) is 2.09. The molecule has 0 saturated carbocycles. The van der Waals surface area contributed by atoms with Crippen LogP contribution in [-0.4, -0.2) is 28.0 Å². The van der Waals surface area contributed by atoms with E-state index in [2.05, 4.69) is 28.6 Å². The number of pyridine rings is 1. The number of nitro groups is 1. The largest absolute Gasteiger partial charge is 0.464 e. The summed E-state index contributed by atoms with van der Waals surface area (Å²) in [6, 6.07) is 8.73. The standard InChI is InChI=1S/C9H7N3O4.C8H11N/c1-16-9(13)7-3-5-2-6(12(14)15)4-10-8(5)11-7;1-6-3-4-8(9)5-7(6)2/h2-4H,1H3,(H,10,11);3-5H,9H2,1-2H3. The summed E-state index contributed by atoms with van der Waals surface area (Å²) in [6.07, 6.45) is 1.12. The average Bonchev–Trinajstić information content (AvgIpc) is 3.01. The number of carbonyl (C=O) groups is 1. The minimum absolute atomic E-state index is 0.122. The van der Waals surface area contributed by atoms with Crippen LogP contribution >= 0.6 is 0 Å². The van der Waals surface area contributed by atoms with Gasteiger partial charge < -0.3 is 15.5 Å². The summed E-state index contributed by atoms with van der Waals surface area (Å²) in [5.74, 6) is -0.541. The normalized spacial score (nSPS) is 10.0. The second-order valence-corrected chi connectivity index (χ2v) is 5.41. The van der Waals surface area contributed by atoms with Gasteiger partial charge in [0.05, 0.1) is 12.0 Å². The number of carbonyl (C=O) groups excluding carboxylic acids is 1. The molecule has 0 spiro atoms. The lowest BCUT2D eigenvalue weighted by Gasteiger charge is -1.98. The lowest BCUT2D eigenvalue weighted by atomic mass is 10.1. The van der Waals surface area contributed by atoms with E-state index in [4.69, 9.17) is 5.73 Å². The van der Waals surface area contributed by atoms with Gasteiger partial charge in [0.2, 0.25) is 0 Å². The van der Waals surface area contributed by atoms with E-state index >= 15 is 0 Å². The summed E-state index contributed by atoms with van der Waals surface area (Å²) in [4.78, 5) is 27.7. The van der Waals surface area contributed by atoms with Crippen molar-refractivity contribution in [2.75, 3.05) is 12.8 Å². The molecule has 0 saturated heterocycles. The number of nitrogens with one attached hydrogen (secondary N) is 1. The zero-order valence-corrected chi connectivity index (χ0v) is 14.1. The van der Waals surface area contributed by atoms with Crippen LogP contribution in [0.15, 0.2) is 36.5 Å². The molecule has 8 nitrogen and oxygen atoms in total. The van der Waals surface area contributed by atoms with Gasteiger partial charge in [-0.1, -0.05) is 6.07 Å². The SMILES string of the molecule is COC(=O)c1cc2cc([N+](=O)[O-])cnc2[nH]1.Cc1ccc(N)cc1C. The Bertz CT molecular complexity index is 934. The molecule has 3 aromatic rings. The molecular weight excluding hydrogens is 324 g/mol. The first kappa shape index (κ1) is 17.9. The van der Waals surface area contributed by atoms with Gasteiger partial charge in [-0.15, -0.1) is 0 Å². The van der Waals surface area contributed by atoms with Gasteiger partial charge in [-0.25, -0.2) is 9.78 Å². The molecule has 0 aliphatic heterocycles. The summed E-state index contributed by atoms with van der Waals surface area (Å²) in [7, 11) is 1.25. The van der Waals surface area contributed by atoms with Crippen LogP contribution in [0.1, 0.15) is 21.6 Å². The monoisotopic (exact) mass is 342 g/mol. The van der Waals surface area contributed by atoms with Crippen molar-refractivity contribution in [3.05, 3.63) is 63.5 Å². The van der Waals surface area contributed by atoms with Crippen LogP contribution in [0.3, 0.4) is 0 Å². The van der Waals surface area contributed by atoms with Gasteiger partial charge >= 0.3 is 5.97 Å². The van der Waals surface area contributed by atoms with E-state index in [1.54, 1.807) is 0 Å². The maximum absolute atomic E-state index is 11.2. The number of aryl methyl sites for hydroxylation is 2. The molecule has 0 bridgehead atoms. The zero-order valence-electron chi connectivity index (χ0n) is 14.1. The molecule has 0 amide bonds. The van der Waals surface area contributed by atoms with Gasteiger partial charge in [0.15, 0.2) is 0 Å². The summed E-state index contributed by atoms with van der Waals surface area (Å²) in [6.45, 7) is 4.14. The van der Waals surface area contributed by atoms with Crippen LogP contribution in [-0.2, 0) is 4.74 Å². The molecule has 0 atom stereocenters. The van der Waals surface area contributed by atoms with Crippen LogP contribution in [0, 0.1) is 24.0 Å². The number of anilines is 1. The molecule has 130 valence electrons. The van der Waals surface area contributed by atoms with E-state index in [-0.39, 0.29) is 11.4 Å². The number of esters is 1. The van der Waals surface area contributed by atoms with E-state index < -0.39 is 10.9 Å². The third-order valence-corrected chi connectivity index (χ3v) is 3.60. The number of methoxy groups -OCH3 is 1. The van der Waals surface area contributed by atoms with Crippen molar-refractivity contribution < 1.29 is 14.5 Å². The molecule has 3 N–H and O–H groups in total. The molecule has 25 heavy (non-hydrogen) atoms. The van der Waals surface area contributed by atoms with Crippen molar-refractivity contribution in [1.82, 2.24) is 9.97 Å². The predicted octanol–water partition coefficient (Wildman–Crippen LogP) is 3.14. The highest BCUT2D eigenvalue weighted by Gasteiger charge is 2.13. The molecule has 0 aliphatic carbocycles. The van der Waals surface area contributed by atoms with Crippen molar-refractivity contribution in [3.63, 3.8) is 0 Å². The smallest absolute Gasteiger partial charge is 0.354 e. The number of nitrogens with two attached hydrogens (primary N) is 1. The number of hydrogen-bond donors (Lipinski definition) is 2. The second kappa shape index (κ2) is 7.43. The molecular formula is C17H18N4O4. The number of ether oxygens (including phenoxy) is 1. The zero-order chi connectivity index (χ0) is 18.6. The minimum Gasteiger partial charge on any atom is -0.464 e. The lowest BCUT2D eigenvalue weighted by Crippen LogP contribution is -2.00. The van der Waals surface area contributed by atoms with Crippen LogP contribution < -0.4 is 5.73 Å². The number of hydrogen-bond acceptors (Lipinski definition) is 6. The van der Waals surface area contributed by atoms with Crippen molar-refractivity contribution in [1.29, 1.82) is 0 Å². The minimum atomic E-state index is -0.544. The molecule has 3 rings (SSSR count). The second-order valence-electron chi connectivity index (χ2n) is 5.41. The molecule has 8 heteroatoms. The number of fused-ring (bicyclic) bond motifs is 1. The van der Waals surface area contributed by atoms with Crippen LogP contribution in [0.25, 0.3) is 11.0 Å². The lowest BCUT2D eigenvalue weighted by molar-refractivity contribution is -0.385. The number of aromatic nitrogens is 2. The molecule has 2 heterocycles. The van der Waals surface area contributed by atoms with Crippen molar-refractivity contribution in [2.24, 2.45) is 0 Å². The van der Waals surface area contributed by atoms with Gasteiger partial charge in [0.25, 0.3) is 5.69 Å². The Hall–Kier alpha value is -3.42. The van der Waals surface area contributed by atoms with Gasteiger partial charge in [-0.3, -0.25) is 10.1 Å². The Morgan fingerprint density at radius 2 is 1.96 bits per heavy atom. The first-order chi connectivity index (χ1) is 11.8. The fraction of sp³-hybridized carbons (Fsp3) is 0.176. The van der Waals surface area contributed by atoms with Crippen LogP contribution in [0.5, 0.6) is 0 Å². The van der Waals surface area contributed by atoms with E-state index in [1.165, 1.54) is 30.4 Å². The maximum atomic E-state index is 11.2. The summed E-state index contributed by atoms with van der Waals surface area (Å²) < 4.78 is 4.51. The van der Waals surface area contributed by atoms with Crippen molar-refractivity contribution in [3.8, 4) is 0 Å². The van der Waals surface area contributed by atoms with Crippen LogP contribution in [0.4, 0.5) is 11.4 Å². The first-order valence-electron chi connectivity index (χ1n) is 7.36. The number of aromatic amines is 1. The van der Waals surface area contributed by atoms with Gasteiger partial charge in [-0.2, -0.15) is 0 Å². The quantitative estimate of drug-likeness (QED) is 0.319. The Kier molecular flexibility index (Phi) is 5.33. The van der Waals surface area contributed by atoms with E-state index in [1.807, 2.05) is 18.2 Å². The Morgan fingerprint density at radius 1 is 1.24 bits per heavy atom. The Morgan fingerprint density at radius 3 is 2.52 bits per heavy atom. The van der Waals surface area contributed by atoms with E-state index in [0.29, 0.717) is 11.0 Å². The van der Waals surface area contributed by atoms with E-state index in [9.17, 15) is 14.9 Å². The Balaban J connectivity index is 0.000000212. The highest BCUT2D eigenvalue weighted by molar-refractivity contribution is 5.94. The van der Waals surface area contributed by atoms with Crippen molar-refractivity contribution in [2.45, 2.75) is 13.8 Å². The third kappa shape index (κ3) is 4.31. The summed E-state index contributed by atoms with van der Waals surface area (Å²) >= 11 is 0. The summed E-state index contributed by atoms with van der Waals surface area (Å²) in [5, 5.41) is 11.0. The van der Waals surface area contributed by atoms with Gasteiger partial charge in [0.1, 0.15) is 17.5 Å². The van der Waals surface area contributed by atoms with Crippen molar-refractivity contribution >= 4 is 28.4 Å². The fourth-order valence-electron chi connectivity index (χ4n) is 2.09. The van der Waals surface area contributed by atoms with Gasteiger partial charge in [-0.05, 0) is 43.2 Å². The molecule has 0 fully saturated rings. The topological polar surface area (TPSA) is 124 Å². The Labute approximate surface area is 143 Å². The first-order valence-corrected chi connectivity index (χ1v) is 7.36. The third-order valence-electron chi connectivity index (χ3n) is 3.60. The van der Waals surface area contributed by atoms with Crippen LogP contribution in [0.2, 0.25) is 0 Å². The summed E-state index contributed by atoms with van der Waals surface area (Å²) in [5.41, 5.74) is 9.43. The molecule has 0 radical (unpaired) electrons. The molecule has 0 aliphatic rings. The highest BCUT2D eigenvalue weighted by Crippen LogP contribution is 2.19. The molecule has 2 aromatic heterocycles. The highest BCUT2D eigenvalue weighted by atomic mass is 16.6. The molecule has 0 unspecified atom stereocenters. The maximum Gasteiger partial charge on any atom is 0.354 e. The number of benzene rings is 1. The number of nitrogens with zero attached hydrogens (tertiary/aromatic N) is 2.